The molecule has 9 nitrogen and oxygen atoms in total. The summed E-state index contributed by atoms with van der Waals surface area (Å²) < 4.78 is 1.11. The average Bonchev–Trinajstić information content (AvgIpc) is 2.74. The molecule has 0 aromatic carbocycles. The highest BCUT2D eigenvalue weighted by molar-refractivity contribution is 5.77. The Hall–Kier alpha value is -2.45. The summed E-state index contributed by atoms with van der Waals surface area (Å²) in [4.78, 5) is 31.6. The third-order valence-corrected chi connectivity index (χ3v) is 2.15. The van der Waals surface area contributed by atoms with Gasteiger partial charge in [-0.1, -0.05) is 6.92 Å². The number of carbonyl (C=O) groups is 2. The van der Waals surface area contributed by atoms with Crippen LogP contribution in [0.5, 0.6) is 0 Å². The van der Waals surface area contributed by atoms with Crippen molar-refractivity contribution in [3.05, 3.63) is 22.4 Å². The first-order valence-corrected chi connectivity index (χ1v) is 5.07. The standard InChI is InChI=1S/C9H12N4O5/c1-6(9(15)16)4-10-8(14)5-12-3-2-7(11-12)13(17)18/h2-3,6H,4-5H2,1H3,(H,10,14)(H,15,16). The molecule has 0 fully saturated rings. The Morgan fingerprint density at radius 3 is 2.83 bits per heavy atom. The fourth-order valence-electron chi connectivity index (χ4n) is 1.09. The molecule has 1 unspecified atom stereocenters. The van der Waals surface area contributed by atoms with Crippen molar-refractivity contribution in [2.45, 2.75) is 13.5 Å². The number of carbonyl (C=O) groups excluding carboxylic acids is 1. The van der Waals surface area contributed by atoms with Crippen LogP contribution >= 0.6 is 0 Å². The van der Waals surface area contributed by atoms with Crippen LogP contribution in [0.2, 0.25) is 0 Å². The summed E-state index contributed by atoms with van der Waals surface area (Å²) in [7, 11) is 0. The van der Waals surface area contributed by atoms with Crippen molar-refractivity contribution in [1.82, 2.24) is 15.1 Å². The molecule has 0 bridgehead atoms. The Kier molecular flexibility index (Phi) is 4.35. The molecular weight excluding hydrogens is 244 g/mol. The minimum atomic E-state index is -1.01. The van der Waals surface area contributed by atoms with Gasteiger partial charge in [-0.3, -0.25) is 9.59 Å². The Morgan fingerprint density at radius 2 is 2.33 bits per heavy atom. The lowest BCUT2D eigenvalue weighted by Gasteiger charge is -2.07. The number of nitro groups is 1. The molecule has 98 valence electrons. The van der Waals surface area contributed by atoms with Crippen LogP contribution in [0.1, 0.15) is 6.92 Å². The largest absolute Gasteiger partial charge is 0.481 e. The van der Waals surface area contributed by atoms with E-state index in [0.717, 1.165) is 4.68 Å². The number of amides is 1. The third kappa shape index (κ3) is 3.85. The van der Waals surface area contributed by atoms with Gasteiger partial charge < -0.3 is 20.5 Å². The van der Waals surface area contributed by atoms with Crippen molar-refractivity contribution < 1.29 is 19.6 Å². The van der Waals surface area contributed by atoms with E-state index in [0.29, 0.717) is 0 Å². The number of hydrogen-bond acceptors (Lipinski definition) is 5. The molecule has 1 atom stereocenters. The Labute approximate surface area is 102 Å². The van der Waals surface area contributed by atoms with Gasteiger partial charge in [-0.05, 0) is 4.92 Å². The van der Waals surface area contributed by atoms with E-state index in [-0.39, 0.29) is 18.9 Å². The highest BCUT2D eigenvalue weighted by atomic mass is 16.6. The van der Waals surface area contributed by atoms with Gasteiger partial charge in [0.15, 0.2) is 0 Å². The summed E-state index contributed by atoms with van der Waals surface area (Å²) in [6.07, 6.45) is 1.30. The molecule has 2 N–H and O–H groups in total. The summed E-state index contributed by atoms with van der Waals surface area (Å²) in [5.74, 6) is -2.51. The van der Waals surface area contributed by atoms with Crippen LogP contribution in [-0.4, -0.2) is 38.2 Å². The number of carboxylic acid groups (broad SMARTS) is 1. The van der Waals surface area contributed by atoms with Gasteiger partial charge in [0.25, 0.3) is 0 Å². The minimum absolute atomic E-state index is 0.00245. The second-order valence-electron chi connectivity index (χ2n) is 3.67. The summed E-state index contributed by atoms with van der Waals surface area (Å²) in [5, 5.41) is 24.9. The monoisotopic (exact) mass is 256 g/mol. The normalized spacial score (nSPS) is 11.8. The topological polar surface area (TPSA) is 127 Å². The predicted molar refractivity (Wildman–Crippen MR) is 58.7 cm³/mol. The summed E-state index contributed by atoms with van der Waals surface area (Å²) in [6, 6.07) is 1.17. The van der Waals surface area contributed by atoms with Gasteiger partial charge in [0.1, 0.15) is 6.54 Å². The first kappa shape index (κ1) is 13.6. The number of aliphatic carboxylic acids is 1. The van der Waals surface area contributed by atoms with E-state index < -0.39 is 22.7 Å². The molecular formula is C9H12N4O5. The molecule has 0 radical (unpaired) electrons. The maximum Gasteiger partial charge on any atom is 0.389 e. The van der Waals surface area contributed by atoms with Gasteiger partial charge in [-0.25, -0.2) is 0 Å². The van der Waals surface area contributed by atoms with Crippen molar-refractivity contribution in [3.8, 4) is 0 Å². The number of nitrogens with one attached hydrogen (secondary N) is 1. The molecule has 0 aliphatic carbocycles. The summed E-state index contributed by atoms with van der Waals surface area (Å²) >= 11 is 0. The molecule has 1 amide bonds. The first-order valence-electron chi connectivity index (χ1n) is 5.07. The Morgan fingerprint density at radius 1 is 1.67 bits per heavy atom. The fourth-order valence-corrected chi connectivity index (χ4v) is 1.09. The van der Waals surface area contributed by atoms with Crippen LogP contribution in [0, 0.1) is 16.0 Å². The highest BCUT2D eigenvalue weighted by Crippen LogP contribution is 2.04. The van der Waals surface area contributed by atoms with Crippen molar-refractivity contribution >= 4 is 17.7 Å². The van der Waals surface area contributed by atoms with Gasteiger partial charge in [-0.15, -0.1) is 0 Å². The van der Waals surface area contributed by atoms with Crippen molar-refractivity contribution in [2.24, 2.45) is 5.92 Å². The van der Waals surface area contributed by atoms with E-state index in [2.05, 4.69) is 10.4 Å². The molecule has 1 rings (SSSR count). The molecule has 1 aromatic heterocycles. The van der Waals surface area contributed by atoms with Crippen LogP contribution in [-0.2, 0) is 16.1 Å². The van der Waals surface area contributed by atoms with E-state index in [1.165, 1.54) is 19.2 Å². The minimum Gasteiger partial charge on any atom is -0.481 e. The summed E-state index contributed by atoms with van der Waals surface area (Å²) in [5.41, 5.74) is 0. The van der Waals surface area contributed by atoms with Gasteiger partial charge in [0.05, 0.1) is 23.3 Å². The first-order chi connectivity index (χ1) is 8.40. The van der Waals surface area contributed by atoms with Crippen LogP contribution in [0.4, 0.5) is 5.82 Å². The zero-order valence-corrected chi connectivity index (χ0v) is 9.57. The van der Waals surface area contributed by atoms with Gasteiger partial charge >= 0.3 is 11.8 Å². The SMILES string of the molecule is CC(CNC(=O)Cn1ccc([N+](=O)[O-])n1)C(=O)O. The molecule has 0 spiro atoms. The second kappa shape index (κ2) is 5.75. The van der Waals surface area contributed by atoms with Gasteiger partial charge in [0, 0.05) is 6.54 Å². The van der Waals surface area contributed by atoms with E-state index in [1.54, 1.807) is 0 Å². The number of nitrogens with zero attached hydrogens (tertiary/aromatic N) is 3. The van der Waals surface area contributed by atoms with Crippen LogP contribution in [0.25, 0.3) is 0 Å². The second-order valence-corrected chi connectivity index (χ2v) is 3.67. The van der Waals surface area contributed by atoms with Crippen LogP contribution in [0.15, 0.2) is 12.3 Å². The maximum atomic E-state index is 11.4. The Bertz CT molecular complexity index is 469. The van der Waals surface area contributed by atoms with Gasteiger partial charge in [-0.2, -0.15) is 4.68 Å². The molecule has 18 heavy (non-hydrogen) atoms. The van der Waals surface area contributed by atoms with E-state index in [4.69, 9.17) is 5.11 Å². The predicted octanol–water partition coefficient (Wildman–Crippen LogP) is -0.372. The number of carboxylic acids is 1. The molecule has 9 heteroatoms. The Balaban J connectivity index is 2.44. The average molecular weight is 256 g/mol. The van der Waals surface area contributed by atoms with E-state index in [9.17, 15) is 19.7 Å². The van der Waals surface area contributed by atoms with E-state index in [1.807, 2.05) is 0 Å². The van der Waals surface area contributed by atoms with Gasteiger partial charge in [0.2, 0.25) is 5.91 Å². The molecule has 0 aliphatic rings. The zero-order valence-electron chi connectivity index (χ0n) is 9.57. The summed E-state index contributed by atoms with van der Waals surface area (Å²) in [6.45, 7) is 1.26. The van der Waals surface area contributed by atoms with Crippen molar-refractivity contribution in [1.29, 1.82) is 0 Å². The number of aromatic nitrogens is 2. The quantitative estimate of drug-likeness (QED) is 0.528. The molecule has 0 saturated heterocycles. The fraction of sp³-hybridized carbons (Fsp3) is 0.444. The molecule has 0 saturated carbocycles. The van der Waals surface area contributed by atoms with Crippen LogP contribution in [0.3, 0.4) is 0 Å². The highest BCUT2D eigenvalue weighted by Gasteiger charge is 2.15. The molecule has 1 heterocycles. The molecule has 1 aromatic rings. The number of rotatable bonds is 6. The zero-order chi connectivity index (χ0) is 13.7. The number of hydrogen-bond donors (Lipinski definition) is 2. The van der Waals surface area contributed by atoms with Crippen LogP contribution < -0.4 is 5.32 Å². The maximum absolute atomic E-state index is 11.4. The smallest absolute Gasteiger partial charge is 0.389 e. The van der Waals surface area contributed by atoms with Crippen molar-refractivity contribution in [3.63, 3.8) is 0 Å². The van der Waals surface area contributed by atoms with Crippen molar-refractivity contribution in [2.75, 3.05) is 6.54 Å². The lowest BCUT2D eigenvalue weighted by Crippen LogP contribution is -2.33. The third-order valence-electron chi connectivity index (χ3n) is 2.15. The van der Waals surface area contributed by atoms with E-state index >= 15 is 0 Å². The lowest BCUT2D eigenvalue weighted by atomic mass is 10.2. The molecule has 0 aliphatic heterocycles. The lowest BCUT2D eigenvalue weighted by molar-refractivity contribution is -0.389.